The highest BCUT2D eigenvalue weighted by molar-refractivity contribution is 5.87. The molecule has 0 saturated heterocycles. The summed E-state index contributed by atoms with van der Waals surface area (Å²) in [5.41, 5.74) is 0.0986. The number of aryl methyl sites for hydroxylation is 2. The van der Waals surface area contributed by atoms with Crippen molar-refractivity contribution in [3.05, 3.63) is 11.5 Å². The van der Waals surface area contributed by atoms with Crippen molar-refractivity contribution in [2.45, 2.75) is 39.7 Å². The maximum Gasteiger partial charge on any atom is 0.323 e. The largest absolute Gasteiger partial charge is 0.428 e. The van der Waals surface area contributed by atoms with Gasteiger partial charge in [-0.15, -0.1) is 0 Å². The lowest BCUT2D eigenvalue weighted by atomic mass is 10.0. The van der Waals surface area contributed by atoms with Crippen LogP contribution in [0.4, 0.5) is 10.8 Å². The number of nitrogens with zero attached hydrogens (tertiary/aromatic N) is 1. The molecule has 1 unspecified atom stereocenters. The minimum atomic E-state index is -0.638. The molecule has 1 heterocycles. The molecule has 0 bridgehead atoms. The van der Waals surface area contributed by atoms with Gasteiger partial charge in [0.2, 0.25) is 0 Å². The summed E-state index contributed by atoms with van der Waals surface area (Å²) in [5, 5.41) is 14.3. The zero-order valence-corrected chi connectivity index (χ0v) is 10.6. The fraction of sp³-hybridized carbons (Fsp3) is 0.636. The maximum atomic E-state index is 11.6. The van der Waals surface area contributed by atoms with Gasteiger partial charge in [-0.2, -0.15) is 4.98 Å². The summed E-state index contributed by atoms with van der Waals surface area (Å²) in [5.74, 6) is 0.667. The summed E-state index contributed by atoms with van der Waals surface area (Å²) < 4.78 is 5.22. The lowest BCUT2D eigenvalue weighted by Crippen LogP contribution is -2.50. The fourth-order valence-electron chi connectivity index (χ4n) is 1.17. The number of carbonyl (C=O) groups excluding carboxylic acids is 1. The molecule has 0 aliphatic heterocycles. The summed E-state index contributed by atoms with van der Waals surface area (Å²) in [4.78, 5) is 15.7. The van der Waals surface area contributed by atoms with Crippen molar-refractivity contribution in [3.8, 4) is 0 Å². The van der Waals surface area contributed by atoms with Crippen LogP contribution in [0.5, 0.6) is 0 Å². The Morgan fingerprint density at radius 3 is 2.59 bits per heavy atom. The number of oxazole rings is 1. The predicted molar refractivity (Wildman–Crippen MR) is 63.9 cm³/mol. The van der Waals surface area contributed by atoms with Gasteiger partial charge in [-0.3, -0.25) is 5.32 Å². The van der Waals surface area contributed by atoms with Crippen LogP contribution in [0, 0.1) is 13.8 Å². The van der Waals surface area contributed by atoms with E-state index in [-0.39, 0.29) is 12.6 Å². The molecule has 96 valence electrons. The summed E-state index contributed by atoms with van der Waals surface area (Å²) in [6.07, 6.45) is 0.626. The van der Waals surface area contributed by atoms with Crippen LogP contribution in [0.25, 0.3) is 0 Å². The Morgan fingerprint density at radius 2 is 2.18 bits per heavy atom. The second-order valence-electron chi connectivity index (χ2n) is 4.31. The predicted octanol–water partition coefficient (Wildman–Crippen LogP) is 1.57. The molecule has 3 N–H and O–H groups in total. The van der Waals surface area contributed by atoms with Crippen LogP contribution >= 0.6 is 0 Å². The van der Waals surface area contributed by atoms with Gasteiger partial charge in [0.15, 0.2) is 0 Å². The number of anilines is 1. The van der Waals surface area contributed by atoms with Crippen LogP contribution in [0.3, 0.4) is 0 Å². The molecule has 0 spiro atoms. The van der Waals surface area contributed by atoms with E-state index in [2.05, 4.69) is 15.6 Å². The summed E-state index contributed by atoms with van der Waals surface area (Å²) >= 11 is 0. The van der Waals surface area contributed by atoms with Gasteiger partial charge >= 0.3 is 12.0 Å². The summed E-state index contributed by atoms with van der Waals surface area (Å²) in [6, 6.07) is -0.279. The zero-order chi connectivity index (χ0) is 13.1. The molecule has 2 amide bonds. The molecule has 17 heavy (non-hydrogen) atoms. The Morgan fingerprint density at radius 1 is 1.53 bits per heavy atom. The number of rotatable bonds is 4. The number of aliphatic hydroxyl groups is 1. The topological polar surface area (TPSA) is 87.4 Å². The Kier molecular flexibility index (Phi) is 4.11. The van der Waals surface area contributed by atoms with Crippen molar-refractivity contribution in [1.82, 2.24) is 10.3 Å². The van der Waals surface area contributed by atoms with E-state index in [0.29, 0.717) is 12.2 Å². The van der Waals surface area contributed by atoms with Crippen molar-refractivity contribution < 1.29 is 14.3 Å². The molecular formula is C11H19N3O3. The number of aromatic nitrogens is 1. The molecule has 1 rings (SSSR count). The fourth-order valence-corrected chi connectivity index (χ4v) is 1.17. The van der Waals surface area contributed by atoms with Gasteiger partial charge in [0, 0.05) is 0 Å². The Bertz CT molecular complexity index is 377. The molecule has 6 nitrogen and oxygen atoms in total. The van der Waals surface area contributed by atoms with Crippen molar-refractivity contribution in [2.24, 2.45) is 0 Å². The van der Waals surface area contributed by atoms with Gasteiger partial charge in [-0.25, -0.2) is 4.79 Å². The number of hydrogen-bond acceptors (Lipinski definition) is 4. The van der Waals surface area contributed by atoms with Crippen molar-refractivity contribution in [2.75, 3.05) is 11.9 Å². The third kappa shape index (κ3) is 3.45. The SMILES string of the molecule is CCC(C)(CO)NC(=O)Nc1nc(C)c(C)o1. The Balaban J connectivity index is 2.61. The van der Waals surface area contributed by atoms with Crippen LogP contribution in [0.2, 0.25) is 0 Å². The number of nitrogens with one attached hydrogen (secondary N) is 2. The summed E-state index contributed by atoms with van der Waals surface area (Å²) in [7, 11) is 0. The second kappa shape index (κ2) is 5.18. The average molecular weight is 241 g/mol. The van der Waals surface area contributed by atoms with Crippen LogP contribution in [-0.2, 0) is 0 Å². The molecule has 0 fully saturated rings. The van der Waals surface area contributed by atoms with Crippen molar-refractivity contribution >= 4 is 12.0 Å². The van der Waals surface area contributed by atoms with Gasteiger partial charge in [0.25, 0.3) is 0 Å². The van der Waals surface area contributed by atoms with E-state index in [9.17, 15) is 4.79 Å². The average Bonchev–Trinajstić information content (AvgIpc) is 2.57. The Labute approximate surface area is 100 Å². The van der Waals surface area contributed by atoms with Gasteiger partial charge < -0.3 is 14.8 Å². The molecule has 0 radical (unpaired) electrons. The van der Waals surface area contributed by atoms with Crippen molar-refractivity contribution in [1.29, 1.82) is 0 Å². The number of urea groups is 1. The molecule has 0 aliphatic carbocycles. The van der Waals surface area contributed by atoms with Crippen LogP contribution in [0.15, 0.2) is 4.42 Å². The third-order valence-corrected chi connectivity index (χ3v) is 2.79. The van der Waals surface area contributed by atoms with Crippen LogP contribution in [-0.4, -0.2) is 28.3 Å². The lowest BCUT2D eigenvalue weighted by Gasteiger charge is -2.26. The molecular weight excluding hydrogens is 222 g/mol. The molecule has 1 aromatic rings. The molecule has 0 saturated carbocycles. The van der Waals surface area contributed by atoms with Gasteiger partial charge in [-0.1, -0.05) is 6.92 Å². The number of amides is 2. The monoisotopic (exact) mass is 241 g/mol. The first-order chi connectivity index (χ1) is 7.90. The van der Waals surface area contributed by atoms with Gasteiger partial charge in [0.05, 0.1) is 17.8 Å². The van der Waals surface area contributed by atoms with Gasteiger partial charge in [0.1, 0.15) is 5.76 Å². The molecule has 1 atom stereocenters. The standard InChI is InChI=1S/C11H19N3O3/c1-5-11(4,6-15)14-9(16)13-10-12-7(2)8(3)17-10/h15H,5-6H2,1-4H3,(H2,12,13,14,16). The second-order valence-corrected chi connectivity index (χ2v) is 4.31. The van der Waals surface area contributed by atoms with Crippen LogP contribution < -0.4 is 10.6 Å². The molecule has 6 heteroatoms. The van der Waals surface area contributed by atoms with E-state index in [1.807, 2.05) is 6.92 Å². The maximum absolute atomic E-state index is 11.6. The Hall–Kier alpha value is -1.56. The number of aliphatic hydroxyl groups excluding tert-OH is 1. The first-order valence-corrected chi connectivity index (χ1v) is 5.54. The van der Waals surface area contributed by atoms with Crippen LogP contribution in [0.1, 0.15) is 31.7 Å². The van der Waals surface area contributed by atoms with E-state index in [4.69, 9.17) is 9.52 Å². The van der Waals surface area contributed by atoms with Crippen molar-refractivity contribution in [3.63, 3.8) is 0 Å². The van der Waals surface area contributed by atoms with E-state index < -0.39 is 11.6 Å². The number of hydrogen-bond donors (Lipinski definition) is 3. The summed E-state index contributed by atoms with van der Waals surface area (Å²) in [6.45, 7) is 7.09. The van der Waals surface area contributed by atoms with E-state index in [0.717, 1.165) is 5.69 Å². The first-order valence-electron chi connectivity index (χ1n) is 5.54. The normalized spacial score (nSPS) is 14.2. The quantitative estimate of drug-likeness (QED) is 0.746. The molecule has 1 aromatic heterocycles. The smallest absolute Gasteiger partial charge is 0.323 e. The molecule has 0 aliphatic rings. The van der Waals surface area contributed by atoms with E-state index in [1.165, 1.54) is 0 Å². The highest BCUT2D eigenvalue weighted by Crippen LogP contribution is 2.13. The van der Waals surface area contributed by atoms with Gasteiger partial charge in [-0.05, 0) is 27.2 Å². The lowest BCUT2D eigenvalue weighted by molar-refractivity contribution is 0.172. The number of carbonyl (C=O) groups is 1. The first kappa shape index (κ1) is 13.5. The zero-order valence-electron chi connectivity index (χ0n) is 10.6. The van der Waals surface area contributed by atoms with E-state index in [1.54, 1.807) is 20.8 Å². The minimum absolute atomic E-state index is 0.124. The highest BCUT2D eigenvalue weighted by Gasteiger charge is 2.23. The minimum Gasteiger partial charge on any atom is -0.428 e. The van der Waals surface area contributed by atoms with E-state index >= 15 is 0 Å². The third-order valence-electron chi connectivity index (χ3n) is 2.79. The molecule has 0 aromatic carbocycles. The highest BCUT2D eigenvalue weighted by atomic mass is 16.4.